The summed E-state index contributed by atoms with van der Waals surface area (Å²) < 4.78 is 5.37. The summed E-state index contributed by atoms with van der Waals surface area (Å²) in [7, 11) is 0. The third kappa shape index (κ3) is 2.72. The number of hydrogen-bond acceptors (Lipinski definition) is 3. The Morgan fingerprint density at radius 2 is 1.84 bits per heavy atom. The van der Waals surface area contributed by atoms with Gasteiger partial charge in [-0.25, -0.2) is 0 Å². The SMILES string of the molecule is Cc1cccc(C(=O)C(C)(C)N2CCOCC2)c1C. The molecule has 1 aliphatic heterocycles. The fourth-order valence-electron chi connectivity index (χ4n) is 2.59. The highest BCUT2D eigenvalue weighted by Gasteiger charge is 2.36. The summed E-state index contributed by atoms with van der Waals surface area (Å²) in [6.07, 6.45) is 0. The number of ketones is 1. The maximum absolute atomic E-state index is 12.9. The topological polar surface area (TPSA) is 29.5 Å². The molecule has 19 heavy (non-hydrogen) atoms. The van der Waals surface area contributed by atoms with Crippen LogP contribution in [0.4, 0.5) is 0 Å². The van der Waals surface area contributed by atoms with Gasteiger partial charge in [-0.15, -0.1) is 0 Å². The number of hydrogen-bond donors (Lipinski definition) is 0. The van der Waals surface area contributed by atoms with Crippen molar-refractivity contribution < 1.29 is 9.53 Å². The van der Waals surface area contributed by atoms with Gasteiger partial charge in [0, 0.05) is 18.7 Å². The second kappa shape index (κ2) is 5.43. The van der Waals surface area contributed by atoms with Crippen LogP contribution in [0.25, 0.3) is 0 Å². The predicted molar refractivity (Wildman–Crippen MR) is 76.7 cm³/mol. The maximum Gasteiger partial charge on any atom is 0.182 e. The second-order valence-corrected chi connectivity index (χ2v) is 5.74. The molecule has 0 spiro atoms. The van der Waals surface area contributed by atoms with Gasteiger partial charge in [0.1, 0.15) is 0 Å². The van der Waals surface area contributed by atoms with E-state index >= 15 is 0 Å². The number of nitrogens with zero attached hydrogens (tertiary/aromatic N) is 1. The quantitative estimate of drug-likeness (QED) is 0.783. The Kier molecular flexibility index (Phi) is 4.07. The van der Waals surface area contributed by atoms with Crippen LogP contribution < -0.4 is 0 Å². The lowest BCUT2D eigenvalue weighted by Gasteiger charge is -2.39. The molecule has 3 nitrogen and oxygen atoms in total. The van der Waals surface area contributed by atoms with Crippen LogP contribution in [0.3, 0.4) is 0 Å². The standard InChI is InChI=1S/C16H23NO2/c1-12-6-5-7-14(13(12)2)15(18)16(3,4)17-8-10-19-11-9-17/h5-7H,8-11H2,1-4H3. The third-order valence-corrected chi connectivity index (χ3v) is 4.21. The monoisotopic (exact) mass is 261 g/mol. The summed E-state index contributed by atoms with van der Waals surface area (Å²) >= 11 is 0. The molecule has 0 aromatic heterocycles. The normalized spacial score (nSPS) is 17.5. The van der Waals surface area contributed by atoms with E-state index in [1.807, 2.05) is 45.9 Å². The van der Waals surface area contributed by atoms with Gasteiger partial charge in [-0.1, -0.05) is 18.2 Å². The highest BCUT2D eigenvalue weighted by Crippen LogP contribution is 2.24. The first-order chi connectivity index (χ1) is 8.94. The largest absolute Gasteiger partial charge is 0.379 e. The van der Waals surface area contributed by atoms with E-state index in [0.29, 0.717) is 13.2 Å². The van der Waals surface area contributed by atoms with Gasteiger partial charge < -0.3 is 4.74 Å². The molecular weight excluding hydrogens is 238 g/mol. The van der Waals surface area contributed by atoms with Crippen molar-refractivity contribution in [1.29, 1.82) is 0 Å². The van der Waals surface area contributed by atoms with Crippen molar-refractivity contribution in [2.45, 2.75) is 33.2 Å². The van der Waals surface area contributed by atoms with Crippen molar-refractivity contribution in [2.75, 3.05) is 26.3 Å². The van der Waals surface area contributed by atoms with E-state index in [2.05, 4.69) is 4.90 Å². The van der Waals surface area contributed by atoms with Crippen molar-refractivity contribution in [1.82, 2.24) is 4.90 Å². The van der Waals surface area contributed by atoms with E-state index in [1.165, 1.54) is 5.56 Å². The molecule has 1 saturated heterocycles. The van der Waals surface area contributed by atoms with Crippen molar-refractivity contribution in [2.24, 2.45) is 0 Å². The fraction of sp³-hybridized carbons (Fsp3) is 0.562. The van der Waals surface area contributed by atoms with E-state index in [-0.39, 0.29) is 5.78 Å². The molecule has 2 rings (SSSR count). The number of aryl methyl sites for hydroxylation is 1. The zero-order chi connectivity index (χ0) is 14.0. The van der Waals surface area contributed by atoms with Crippen LogP contribution in [0.1, 0.15) is 35.3 Å². The van der Waals surface area contributed by atoms with Gasteiger partial charge >= 0.3 is 0 Å². The lowest BCUT2D eigenvalue weighted by molar-refractivity contribution is -0.00432. The minimum atomic E-state index is -0.470. The lowest BCUT2D eigenvalue weighted by Crippen LogP contribution is -2.54. The van der Waals surface area contributed by atoms with Gasteiger partial charge in [-0.3, -0.25) is 9.69 Å². The first-order valence-electron chi connectivity index (χ1n) is 6.88. The van der Waals surface area contributed by atoms with Gasteiger partial charge in [0.05, 0.1) is 18.8 Å². The van der Waals surface area contributed by atoms with Crippen molar-refractivity contribution in [3.8, 4) is 0 Å². The summed E-state index contributed by atoms with van der Waals surface area (Å²) in [5.74, 6) is 0.204. The first kappa shape index (κ1) is 14.2. The van der Waals surface area contributed by atoms with Crippen LogP contribution in [-0.4, -0.2) is 42.5 Å². The smallest absolute Gasteiger partial charge is 0.182 e. The van der Waals surface area contributed by atoms with E-state index in [4.69, 9.17) is 4.74 Å². The van der Waals surface area contributed by atoms with Gasteiger partial charge in [0.2, 0.25) is 0 Å². The molecule has 0 N–H and O–H groups in total. The number of morpholine rings is 1. The number of Topliss-reactive ketones (excluding diaryl/α,β-unsaturated/α-hetero) is 1. The lowest BCUT2D eigenvalue weighted by atomic mass is 9.87. The van der Waals surface area contributed by atoms with Crippen LogP contribution in [0.15, 0.2) is 18.2 Å². The molecular formula is C16H23NO2. The van der Waals surface area contributed by atoms with Crippen LogP contribution >= 0.6 is 0 Å². The van der Waals surface area contributed by atoms with Crippen molar-refractivity contribution in [3.05, 3.63) is 34.9 Å². The Morgan fingerprint density at radius 3 is 2.47 bits per heavy atom. The van der Waals surface area contributed by atoms with Crippen molar-refractivity contribution >= 4 is 5.78 Å². The summed E-state index contributed by atoms with van der Waals surface area (Å²) in [5, 5.41) is 0. The number of ether oxygens (including phenoxy) is 1. The molecule has 0 aliphatic carbocycles. The Morgan fingerprint density at radius 1 is 1.21 bits per heavy atom. The molecule has 1 fully saturated rings. The molecule has 1 aromatic rings. The Bertz CT molecular complexity index is 474. The van der Waals surface area contributed by atoms with Crippen molar-refractivity contribution in [3.63, 3.8) is 0 Å². The van der Waals surface area contributed by atoms with E-state index in [9.17, 15) is 4.79 Å². The van der Waals surface area contributed by atoms with E-state index in [1.54, 1.807) is 0 Å². The average molecular weight is 261 g/mol. The maximum atomic E-state index is 12.9. The summed E-state index contributed by atoms with van der Waals surface area (Å²) in [4.78, 5) is 15.1. The molecule has 0 unspecified atom stereocenters. The minimum absolute atomic E-state index is 0.204. The van der Waals surface area contributed by atoms with Crippen LogP contribution in [-0.2, 0) is 4.74 Å². The zero-order valence-corrected chi connectivity index (χ0v) is 12.3. The molecule has 1 heterocycles. The molecule has 104 valence electrons. The molecule has 3 heteroatoms. The van der Waals surface area contributed by atoms with Crippen LogP contribution in [0.5, 0.6) is 0 Å². The number of carbonyl (C=O) groups excluding carboxylic acids is 1. The first-order valence-corrected chi connectivity index (χ1v) is 6.88. The number of rotatable bonds is 3. The molecule has 0 radical (unpaired) electrons. The van der Waals surface area contributed by atoms with Crippen LogP contribution in [0, 0.1) is 13.8 Å². The highest BCUT2D eigenvalue weighted by molar-refractivity contribution is 6.04. The molecule has 0 atom stereocenters. The van der Waals surface area contributed by atoms with Gasteiger partial charge in [-0.05, 0) is 38.8 Å². The summed E-state index contributed by atoms with van der Waals surface area (Å²) in [6, 6.07) is 5.95. The molecule has 1 aromatic carbocycles. The van der Waals surface area contributed by atoms with Gasteiger partial charge in [0.15, 0.2) is 5.78 Å². The number of benzene rings is 1. The second-order valence-electron chi connectivity index (χ2n) is 5.74. The minimum Gasteiger partial charge on any atom is -0.379 e. The van der Waals surface area contributed by atoms with Crippen LogP contribution in [0.2, 0.25) is 0 Å². The molecule has 0 saturated carbocycles. The third-order valence-electron chi connectivity index (χ3n) is 4.21. The van der Waals surface area contributed by atoms with E-state index < -0.39 is 5.54 Å². The Hall–Kier alpha value is -1.19. The Balaban J connectivity index is 2.29. The van der Waals surface area contributed by atoms with Gasteiger partial charge in [0.25, 0.3) is 0 Å². The Labute approximate surface area is 115 Å². The fourth-order valence-corrected chi connectivity index (χ4v) is 2.59. The molecule has 0 bridgehead atoms. The zero-order valence-electron chi connectivity index (χ0n) is 12.3. The predicted octanol–water partition coefficient (Wildman–Crippen LogP) is 2.60. The summed E-state index contributed by atoms with van der Waals surface area (Å²) in [6.45, 7) is 11.2. The number of carbonyl (C=O) groups is 1. The molecule has 0 amide bonds. The van der Waals surface area contributed by atoms with E-state index in [0.717, 1.165) is 24.2 Å². The summed E-state index contributed by atoms with van der Waals surface area (Å²) in [5.41, 5.74) is 2.64. The highest BCUT2D eigenvalue weighted by atomic mass is 16.5. The molecule has 1 aliphatic rings. The van der Waals surface area contributed by atoms with Gasteiger partial charge in [-0.2, -0.15) is 0 Å². The average Bonchev–Trinajstić information content (AvgIpc) is 2.42.